The molecule has 0 unspecified atom stereocenters. The van der Waals surface area contributed by atoms with Crippen LogP contribution in [0.2, 0.25) is 0 Å². The Balaban J connectivity index is 1.55. The number of ether oxygens (including phenoxy) is 3. The molecule has 1 saturated heterocycles. The summed E-state index contributed by atoms with van der Waals surface area (Å²) in [6.45, 7) is 1.86. The number of methoxy groups -OCH3 is 2. The topological polar surface area (TPSA) is 117 Å². The summed E-state index contributed by atoms with van der Waals surface area (Å²) in [5, 5.41) is 13.1. The van der Waals surface area contributed by atoms with E-state index in [1.807, 2.05) is 23.7 Å². The van der Waals surface area contributed by atoms with Crippen molar-refractivity contribution in [2.45, 2.75) is 23.8 Å². The molecule has 1 aliphatic heterocycles. The lowest BCUT2D eigenvalue weighted by atomic mass is 10.1. The zero-order valence-corrected chi connectivity index (χ0v) is 20.9. The van der Waals surface area contributed by atoms with Gasteiger partial charge in [0.2, 0.25) is 10.0 Å². The number of nitrogens with zero attached hydrogens (tertiary/aromatic N) is 1. The quantitative estimate of drug-likeness (QED) is 0.429. The van der Waals surface area contributed by atoms with Crippen LogP contribution >= 0.6 is 0 Å². The molecule has 0 aliphatic carbocycles. The Morgan fingerprint density at radius 3 is 2.57 bits per heavy atom. The first-order valence-corrected chi connectivity index (χ1v) is 12.8. The Morgan fingerprint density at radius 2 is 1.89 bits per heavy atom. The number of fused-ring (bicyclic) bond motifs is 1. The molecule has 0 spiro atoms. The van der Waals surface area contributed by atoms with Gasteiger partial charge in [-0.15, -0.1) is 0 Å². The molecule has 2 aromatic carbocycles. The Hall–Kier alpha value is -3.39. The van der Waals surface area contributed by atoms with Crippen LogP contribution in [0, 0.1) is 11.8 Å². The largest absolute Gasteiger partial charge is 0.497 e. The molecule has 0 radical (unpaired) electrons. The minimum absolute atomic E-state index is 0.0120. The predicted molar refractivity (Wildman–Crippen MR) is 137 cm³/mol. The van der Waals surface area contributed by atoms with Crippen molar-refractivity contribution in [2.75, 3.05) is 44.6 Å². The van der Waals surface area contributed by atoms with Gasteiger partial charge < -0.3 is 29.4 Å². The fourth-order valence-electron chi connectivity index (χ4n) is 4.09. The van der Waals surface area contributed by atoms with Gasteiger partial charge in [-0.25, -0.2) is 13.6 Å². The minimum atomic E-state index is -3.81. The zero-order valence-electron chi connectivity index (χ0n) is 20.1. The van der Waals surface area contributed by atoms with E-state index in [4.69, 9.17) is 19.3 Å². The fraction of sp³-hybridized carbons (Fsp3) is 0.360. The number of hydrogen-bond acceptors (Lipinski definition) is 7. The van der Waals surface area contributed by atoms with Gasteiger partial charge >= 0.3 is 0 Å². The van der Waals surface area contributed by atoms with Crippen LogP contribution in [0.5, 0.6) is 11.5 Å². The first kappa shape index (κ1) is 24.7. The van der Waals surface area contributed by atoms with E-state index in [1.54, 1.807) is 13.2 Å². The number of benzene rings is 2. The number of hydrogen-bond donors (Lipinski definition) is 3. The van der Waals surface area contributed by atoms with Crippen molar-refractivity contribution >= 4 is 32.3 Å². The van der Waals surface area contributed by atoms with Crippen LogP contribution in [0.3, 0.4) is 0 Å². The number of aryl methyl sites for hydroxylation is 1. The van der Waals surface area contributed by atoms with E-state index >= 15 is 0 Å². The van der Waals surface area contributed by atoms with Crippen molar-refractivity contribution in [3.8, 4) is 23.3 Å². The van der Waals surface area contributed by atoms with E-state index in [0.29, 0.717) is 24.0 Å². The number of sulfonamides is 1. The molecule has 4 N–H and O–H groups in total. The molecular weight excluding hydrogens is 468 g/mol. The second-order valence-corrected chi connectivity index (χ2v) is 9.85. The first-order valence-electron chi connectivity index (χ1n) is 11.3. The van der Waals surface area contributed by atoms with Crippen LogP contribution in [0.1, 0.15) is 18.5 Å². The molecule has 35 heavy (non-hydrogen) atoms. The summed E-state index contributed by atoms with van der Waals surface area (Å²) >= 11 is 0. The molecule has 9 nitrogen and oxygen atoms in total. The number of primary sulfonamides is 1. The molecular formula is C25H30N4O5S. The van der Waals surface area contributed by atoms with Gasteiger partial charge in [-0.05, 0) is 37.0 Å². The van der Waals surface area contributed by atoms with Gasteiger partial charge in [0.25, 0.3) is 0 Å². The van der Waals surface area contributed by atoms with Crippen molar-refractivity contribution in [2.24, 2.45) is 12.2 Å². The summed E-state index contributed by atoms with van der Waals surface area (Å²) in [5.41, 5.74) is 3.53. The van der Waals surface area contributed by atoms with E-state index < -0.39 is 10.0 Å². The average Bonchev–Trinajstić information content (AvgIpc) is 3.17. The van der Waals surface area contributed by atoms with Crippen molar-refractivity contribution in [3.63, 3.8) is 0 Å². The first-order chi connectivity index (χ1) is 16.8. The standard InChI is InChI=1S/C25H30N4O5S/c1-29-18(5-4-10-27-22-7-6-20(35(26,30)31)16-25(22)33-3)13-21-23(14-19(32-2)15-24(21)29)28-17-8-11-34-12-9-17/h6-7,13-17,27-28H,8-12H2,1-3H3,(H2,26,30,31). The van der Waals surface area contributed by atoms with Gasteiger partial charge in [0.05, 0.1) is 42.6 Å². The van der Waals surface area contributed by atoms with Gasteiger partial charge in [-0.2, -0.15) is 0 Å². The molecule has 186 valence electrons. The van der Waals surface area contributed by atoms with E-state index in [2.05, 4.69) is 28.5 Å². The molecule has 10 heteroatoms. The molecule has 1 aliphatic rings. The van der Waals surface area contributed by atoms with E-state index in [-0.39, 0.29) is 4.90 Å². The van der Waals surface area contributed by atoms with Crippen molar-refractivity contribution in [3.05, 3.63) is 42.1 Å². The van der Waals surface area contributed by atoms with E-state index in [0.717, 1.165) is 54.1 Å². The van der Waals surface area contributed by atoms with Crippen molar-refractivity contribution in [1.29, 1.82) is 0 Å². The molecule has 0 atom stereocenters. The summed E-state index contributed by atoms with van der Waals surface area (Å²) < 4.78 is 41.5. The molecule has 1 aromatic heterocycles. The average molecular weight is 499 g/mol. The van der Waals surface area contributed by atoms with Crippen LogP contribution in [-0.2, 0) is 21.8 Å². The van der Waals surface area contributed by atoms with E-state index in [9.17, 15) is 8.42 Å². The van der Waals surface area contributed by atoms with Gasteiger partial charge in [-0.1, -0.05) is 5.92 Å². The number of nitrogens with one attached hydrogen (secondary N) is 2. The lowest BCUT2D eigenvalue weighted by molar-refractivity contribution is 0.0905. The normalized spacial score (nSPS) is 14.3. The Bertz CT molecular complexity index is 1380. The predicted octanol–water partition coefficient (Wildman–Crippen LogP) is 2.90. The van der Waals surface area contributed by atoms with Crippen LogP contribution in [0.25, 0.3) is 10.9 Å². The maximum absolute atomic E-state index is 11.6. The van der Waals surface area contributed by atoms with Crippen molar-refractivity contribution < 1.29 is 22.6 Å². The fourth-order valence-corrected chi connectivity index (χ4v) is 4.62. The Kier molecular flexibility index (Phi) is 7.40. The lowest BCUT2D eigenvalue weighted by Gasteiger charge is -2.24. The summed E-state index contributed by atoms with van der Waals surface area (Å²) in [5.74, 6) is 7.50. The van der Waals surface area contributed by atoms with Crippen LogP contribution in [0.4, 0.5) is 11.4 Å². The Morgan fingerprint density at radius 1 is 1.11 bits per heavy atom. The molecule has 4 rings (SSSR count). The third kappa shape index (κ3) is 5.65. The SMILES string of the molecule is COc1cc(NC2CCOCC2)c2cc(C#CCNc3ccc(S(N)(=O)=O)cc3OC)n(C)c2c1. The smallest absolute Gasteiger partial charge is 0.238 e. The van der Waals surface area contributed by atoms with Crippen LogP contribution < -0.4 is 25.2 Å². The zero-order chi connectivity index (χ0) is 25.0. The highest BCUT2D eigenvalue weighted by Gasteiger charge is 2.17. The maximum Gasteiger partial charge on any atom is 0.238 e. The summed E-state index contributed by atoms with van der Waals surface area (Å²) in [4.78, 5) is -0.0120. The molecule has 0 bridgehead atoms. The molecule has 2 heterocycles. The number of aromatic nitrogens is 1. The minimum Gasteiger partial charge on any atom is -0.497 e. The number of rotatable bonds is 7. The second-order valence-electron chi connectivity index (χ2n) is 8.29. The van der Waals surface area contributed by atoms with Crippen LogP contribution in [-0.4, -0.2) is 53.0 Å². The Labute approximate surface area is 205 Å². The number of anilines is 2. The van der Waals surface area contributed by atoms with Gasteiger partial charge in [-0.3, -0.25) is 0 Å². The third-order valence-corrected chi connectivity index (χ3v) is 6.95. The number of nitrogens with two attached hydrogens (primary N) is 1. The third-order valence-electron chi connectivity index (χ3n) is 6.04. The maximum atomic E-state index is 11.6. The summed E-state index contributed by atoms with van der Waals surface area (Å²) in [6.07, 6.45) is 1.93. The highest BCUT2D eigenvalue weighted by Crippen LogP contribution is 2.33. The van der Waals surface area contributed by atoms with Gasteiger partial charge in [0.15, 0.2) is 0 Å². The van der Waals surface area contributed by atoms with Crippen molar-refractivity contribution in [1.82, 2.24) is 4.57 Å². The molecule has 1 fully saturated rings. The van der Waals surface area contributed by atoms with Gasteiger partial charge in [0, 0.05) is 55.6 Å². The monoisotopic (exact) mass is 498 g/mol. The van der Waals surface area contributed by atoms with Crippen LogP contribution in [0.15, 0.2) is 41.3 Å². The highest BCUT2D eigenvalue weighted by molar-refractivity contribution is 7.89. The summed E-state index contributed by atoms with van der Waals surface area (Å²) in [6, 6.07) is 10.9. The lowest BCUT2D eigenvalue weighted by Crippen LogP contribution is -2.27. The molecule has 0 amide bonds. The highest BCUT2D eigenvalue weighted by atomic mass is 32.2. The second kappa shape index (κ2) is 10.5. The van der Waals surface area contributed by atoms with E-state index in [1.165, 1.54) is 19.2 Å². The molecule has 3 aromatic rings. The summed E-state index contributed by atoms with van der Waals surface area (Å²) in [7, 11) is 1.30. The van der Waals surface area contributed by atoms with Gasteiger partial charge in [0.1, 0.15) is 11.5 Å². The molecule has 0 saturated carbocycles.